The molecular weight excluding hydrogens is 211 g/mol. The van der Waals surface area contributed by atoms with Gasteiger partial charge in [0.05, 0.1) is 11.6 Å². The first kappa shape index (κ1) is 10.6. The van der Waals surface area contributed by atoms with E-state index in [0.29, 0.717) is 16.0 Å². The maximum atomic E-state index is 8.79. The number of rotatable bonds is 3. The summed E-state index contributed by atoms with van der Waals surface area (Å²) in [4.78, 5) is 3.97. The Morgan fingerprint density at radius 3 is 2.85 bits per heavy atom. The number of anilines is 1. The average Bonchev–Trinajstić information content (AvgIpc) is 2.11. The second-order valence-electron chi connectivity index (χ2n) is 2.69. The molecule has 0 saturated heterocycles. The molecule has 1 heterocycles. The van der Waals surface area contributed by atoms with E-state index in [1.54, 1.807) is 12.1 Å². The minimum Gasteiger partial charge on any atom is -0.394 e. The fourth-order valence-electron chi connectivity index (χ4n) is 0.799. The van der Waals surface area contributed by atoms with Crippen LogP contribution in [0.25, 0.3) is 0 Å². The summed E-state index contributed by atoms with van der Waals surface area (Å²) in [5.41, 5.74) is 0. The van der Waals surface area contributed by atoms with Crippen LogP contribution in [-0.2, 0) is 0 Å². The normalized spacial score (nSPS) is 12.6. The lowest BCUT2D eigenvalue weighted by Crippen LogP contribution is -2.20. The Balaban J connectivity index is 2.81. The van der Waals surface area contributed by atoms with Gasteiger partial charge in [0.15, 0.2) is 0 Å². The summed E-state index contributed by atoms with van der Waals surface area (Å²) in [7, 11) is 0. The van der Waals surface area contributed by atoms with Crippen molar-refractivity contribution in [3.63, 3.8) is 0 Å². The summed E-state index contributed by atoms with van der Waals surface area (Å²) >= 11 is 11.5. The summed E-state index contributed by atoms with van der Waals surface area (Å²) in [6, 6.07) is 3.17. The van der Waals surface area contributed by atoms with Crippen molar-refractivity contribution in [2.75, 3.05) is 11.9 Å². The number of hydrogen-bond acceptors (Lipinski definition) is 3. The first-order valence-electron chi connectivity index (χ1n) is 3.83. The average molecular weight is 221 g/mol. The van der Waals surface area contributed by atoms with E-state index in [1.165, 1.54) is 0 Å². The van der Waals surface area contributed by atoms with Crippen molar-refractivity contribution in [3.8, 4) is 0 Å². The number of pyridine rings is 1. The van der Waals surface area contributed by atoms with Gasteiger partial charge in [-0.25, -0.2) is 4.98 Å². The fourth-order valence-corrected chi connectivity index (χ4v) is 1.11. The second kappa shape index (κ2) is 4.65. The molecule has 13 heavy (non-hydrogen) atoms. The van der Waals surface area contributed by atoms with Gasteiger partial charge in [-0.3, -0.25) is 0 Å². The van der Waals surface area contributed by atoms with E-state index < -0.39 is 0 Å². The van der Waals surface area contributed by atoms with E-state index in [1.807, 2.05) is 6.92 Å². The lowest BCUT2D eigenvalue weighted by molar-refractivity contribution is 0.281. The molecule has 0 aliphatic carbocycles. The van der Waals surface area contributed by atoms with Crippen molar-refractivity contribution >= 4 is 29.0 Å². The lowest BCUT2D eigenvalue weighted by atomic mass is 10.3. The first-order valence-corrected chi connectivity index (χ1v) is 4.58. The predicted octanol–water partition coefficient (Wildman–Crippen LogP) is 2.18. The van der Waals surface area contributed by atoms with Crippen molar-refractivity contribution < 1.29 is 5.11 Å². The topological polar surface area (TPSA) is 45.1 Å². The molecule has 0 aliphatic heterocycles. The number of nitrogens with one attached hydrogen (secondary N) is 1. The molecule has 5 heteroatoms. The molecule has 0 bridgehead atoms. The van der Waals surface area contributed by atoms with Gasteiger partial charge in [0, 0.05) is 6.04 Å². The number of aliphatic hydroxyl groups excluding tert-OH is 1. The van der Waals surface area contributed by atoms with E-state index in [2.05, 4.69) is 10.3 Å². The van der Waals surface area contributed by atoms with Crippen molar-refractivity contribution in [1.82, 2.24) is 4.98 Å². The van der Waals surface area contributed by atoms with Gasteiger partial charge in [-0.1, -0.05) is 23.2 Å². The van der Waals surface area contributed by atoms with Crippen LogP contribution in [0.5, 0.6) is 0 Å². The van der Waals surface area contributed by atoms with Gasteiger partial charge in [0.25, 0.3) is 0 Å². The molecule has 0 amide bonds. The van der Waals surface area contributed by atoms with Gasteiger partial charge in [-0.05, 0) is 19.1 Å². The Morgan fingerprint density at radius 2 is 2.23 bits per heavy atom. The highest BCUT2D eigenvalue weighted by atomic mass is 35.5. The molecule has 72 valence electrons. The van der Waals surface area contributed by atoms with Crippen LogP contribution in [0.3, 0.4) is 0 Å². The summed E-state index contributed by atoms with van der Waals surface area (Å²) in [6.45, 7) is 1.84. The molecule has 0 saturated carbocycles. The van der Waals surface area contributed by atoms with Crippen LogP contribution in [0.1, 0.15) is 6.92 Å². The maximum absolute atomic E-state index is 8.79. The number of aliphatic hydroxyl groups is 1. The second-order valence-corrected chi connectivity index (χ2v) is 3.49. The Hall–Kier alpha value is -0.510. The standard InChI is InChI=1S/C8H10Cl2N2O/c1-5(4-13)11-8-6(9)2-3-7(10)12-8/h2-3,5,13H,4H2,1H3,(H,11,12). The number of halogens is 2. The predicted molar refractivity (Wildman–Crippen MR) is 54.4 cm³/mol. The van der Waals surface area contributed by atoms with Crippen LogP contribution in [0.4, 0.5) is 5.82 Å². The summed E-state index contributed by atoms with van der Waals surface area (Å²) in [6.07, 6.45) is 0. The Morgan fingerprint density at radius 1 is 1.54 bits per heavy atom. The van der Waals surface area contributed by atoms with Gasteiger partial charge in [0.2, 0.25) is 0 Å². The largest absolute Gasteiger partial charge is 0.394 e. The molecule has 0 aliphatic rings. The van der Waals surface area contributed by atoms with E-state index in [0.717, 1.165) is 0 Å². The quantitative estimate of drug-likeness (QED) is 0.769. The first-order chi connectivity index (χ1) is 6.13. The van der Waals surface area contributed by atoms with Crippen molar-refractivity contribution in [2.24, 2.45) is 0 Å². The highest BCUT2D eigenvalue weighted by Crippen LogP contribution is 2.21. The molecule has 0 spiro atoms. The number of nitrogens with zero attached hydrogens (tertiary/aromatic N) is 1. The Kier molecular flexibility index (Phi) is 3.78. The van der Waals surface area contributed by atoms with E-state index in [-0.39, 0.29) is 12.6 Å². The molecule has 1 aromatic heterocycles. The number of aromatic nitrogens is 1. The molecule has 3 nitrogen and oxygen atoms in total. The van der Waals surface area contributed by atoms with Gasteiger partial charge < -0.3 is 10.4 Å². The molecular formula is C8H10Cl2N2O. The smallest absolute Gasteiger partial charge is 0.146 e. The van der Waals surface area contributed by atoms with E-state index in [4.69, 9.17) is 28.3 Å². The third kappa shape index (κ3) is 3.03. The van der Waals surface area contributed by atoms with Crippen LogP contribution in [0, 0.1) is 0 Å². The van der Waals surface area contributed by atoms with E-state index in [9.17, 15) is 0 Å². The van der Waals surface area contributed by atoms with Crippen LogP contribution in [0.2, 0.25) is 10.2 Å². The Bertz CT molecular complexity index is 293. The molecule has 1 aromatic rings. The van der Waals surface area contributed by atoms with Crippen LogP contribution in [0.15, 0.2) is 12.1 Å². The van der Waals surface area contributed by atoms with Crippen LogP contribution in [-0.4, -0.2) is 22.7 Å². The van der Waals surface area contributed by atoms with Crippen molar-refractivity contribution in [1.29, 1.82) is 0 Å². The van der Waals surface area contributed by atoms with Crippen molar-refractivity contribution in [3.05, 3.63) is 22.3 Å². The molecule has 1 rings (SSSR count). The monoisotopic (exact) mass is 220 g/mol. The van der Waals surface area contributed by atoms with Gasteiger partial charge in [0.1, 0.15) is 11.0 Å². The molecule has 1 atom stereocenters. The number of hydrogen-bond donors (Lipinski definition) is 2. The molecule has 0 fully saturated rings. The molecule has 1 unspecified atom stereocenters. The lowest BCUT2D eigenvalue weighted by Gasteiger charge is -2.12. The van der Waals surface area contributed by atoms with Gasteiger partial charge in [-0.15, -0.1) is 0 Å². The molecule has 0 aromatic carbocycles. The third-order valence-corrected chi connectivity index (χ3v) is 1.98. The zero-order valence-corrected chi connectivity index (χ0v) is 8.60. The summed E-state index contributed by atoms with van der Waals surface area (Å²) < 4.78 is 0. The Labute approximate surface area is 86.7 Å². The maximum Gasteiger partial charge on any atom is 0.146 e. The third-order valence-electron chi connectivity index (χ3n) is 1.47. The zero-order valence-electron chi connectivity index (χ0n) is 7.09. The summed E-state index contributed by atoms with van der Waals surface area (Å²) in [5, 5.41) is 12.6. The van der Waals surface area contributed by atoms with E-state index >= 15 is 0 Å². The minimum atomic E-state index is -0.0940. The zero-order chi connectivity index (χ0) is 9.84. The van der Waals surface area contributed by atoms with Gasteiger partial charge >= 0.3 is 0 Å². The van der Waals surface area contributed by atoms with Crippen LogP contribution >= 0.6 is 23.2 Å². The fraction of sp³-hybridized carbons (Fsp3) is 0.375. The van der Waals surface area contributed by atoms with Gasteiger partial charge in [-0.2, -0.15) is 0 Å². The van der Waals surface area contributed by atoms with Crippen LogP contribution < -0.4 is 5.32 Å². The SMILES string of the molecule is CC(CO)Nc1nc(Cl)ccc1Cl. The summed E-state index contributed by atoms with van der Waals surface area (Å²) in [5.74, 6) is 0.496. The molecule has 0 radical (unpaired) electrons. The molecule has 2 N–H and O–H groups in total. The highest BCUT2D eigenvalue weighted by Gasteiger charge is 2.05. The minimum absolute atomic E-state index is 0.0184. The van der Waals surface area contributed by atoms with Crippen molar-refractivity contribution in [2.45, 2.75) is 13.0 Å². The highest BCUT2D eigenvalue weighted by molar-refractivity contribution is 6.34.